The summed E-state index contributed by atoms with van der Waals surface area (Å²) in [6.45, 7) is 10.9. The van der Waals surface area contributed by atoms with Crippen molar-refractivity contribution in [3.05, 3.63) is 77.9 Å². The van der Waals surface area contributed by atoms with E-state index in [4.69, 9.17) is 9.47 Å². The Labute approximate surface area is 165 Å². The fourth-order valence-electron chi connectivity index (χ4n) is 3.27. The summed E-state index contributed by atoms with van der Waals surface area (Å²) in [6, 6.07) is 13.8. The largest absolute Gasteiger partial charge is 0.462 e. The zero-order valence-electron chi connectivity index (χ0n) is 16.3. The standard InChI is InChI=1S/C24H24O4/c1-15(2)23(25)27-14-20-6-5-19-13-18(9-12-22(19)20)17-7-10-21(11-8-17)28-24(26)16(3)4/h7-13,20H,1,3,5-6,14H2,2,4H3. The van der Waals surface area contributed by atoms with Crippen molar-refractivity contribution in [2.75, 3.05) is 6.61 Å². The van der Waals surface area contributed by atoms with Gasteiger partial charge in [0.15, 0.2) is 0 Å². The lowest BCUT2D eigenvalue weighted by molar-refractivity contribution is -0.139. The van der Waals surface area contributed by atoms with E-state index >= 15 is 0 Å². The Morgan fingerprint density at radius 2 is 1.61 bits per heavy atom. The number of fused-ring (bicyclic) bond motifs is 1. The van der Waals surface area contributed by atoms with Crippen molar-refractivity contribution < 1.29 is 19.1 Å². The second-order valence-corrected chi connectivity index (χ2v) is 7.22. The summed E-state index contributed by atoms with van der Waals surface area (Å²) in [7, 11) is 0. The first-order valence-electron chi connectivity index (χ1n) is 9.28. The predicted octanol–water partition coefficient (Wildman–Crippen LogP) is 4.98. The van der Waals surface area contributed by atoms with Crippen molar-refractivity contribution in [1.82, 2.24) is 0 Å². The smallest absolute Gasteiger partial charge is 0.338 e. The minimum Gasteiger partial charge on any atom is -0.462 e. The number of rotatable bonds is 6. The summed E-state index contributed by atoms with van der Waals surface area (Å²) in [5, 5.41) is 0. The minimum absolute atomic E-state index is 0.233. The van der Waals surface area contributed by atoms with Gasteiger partial charge >= 0.3 is 11.9 Å². The molecule has 0 saturated heterocycles. The molecule has 3 rings (SSSR count). The SMILES string of the molecule is C=C(C)C(=O)OCC1CCc2cc(-c3ccc(OC(=O)C(=C)C)cc3)ccc21. The lowest BCUT2D eigenvalue weighted by Crippen LogP contribution is -2.11. The highest BCUT2D eigenvalue weighted by molar-refractivity contribution is 5.89. The Hall–Kier alpha value is -3.14. The first-order chi connectivity index (χ1) is 13.3. The number of aryl methyl sites for hydroxylation is 1. The van der Waals surface area contributed by atoms with Crippen molar-refractivity contribution in [3.63, 3.8) is 0 Å². The molecule has 1 aliphatic rings. The molecule has 0 heterocycles. The molecule has 0 bridgehead atoms. The molecular formula is C24H24O4. The molecule has 4 nitrogen and oxygen atoms in total. The lowest BCUT2D eigenvalue weighted by Gasteiger charge is -2.13. The molecule has 2 aromatic carbocycles. The third-order valence-corrected chi connectivity index (χ3v) is 4.86. The van der Waals surface area contributed by atoms with Gasteiger partial charge in [0.25, 0.3) is 0 Å². The number of benzene rings is 2. The number of hydrogen-bond acceptors (Lipinski definition) is 4. The van der Waals surface area contributed by atoms with Gasteiger partial charge in [-0.05, 0) is 61.1 Å². The van der Waals surface area contributed by atoms with E-state index in [1.165, 1.54) is 11.1 Å². The number of esters is 2. The van der Waals surface area contributed by atoms with Gasteiger partial charge in [-0.1, -0.05) is 43.5 Å². The van der Waals surface area contributed by atoms with Gasteiger partial charge in [-0.25, -0.2) is 9.59 Å². The first kappa shape index (κ1) is 19.6. The highest BCUT2D eigenvalue weighted by Crippen LogP contribution is 2.36. The molecule has 0 aromatic heterocycles. The highest BCUT2D eigenvalue weighted by atomic mass is 16.5. The van der Waals surface area contributed by atoms with Crippen molar-refractivity contribution in [2.45, 2.75) is 32.6 Å². The number of hydrogen-bond donors (Lipinski definition) is 0. The van der Waals surface area contributed by atoms with Crippen molar-refractivity contribution in [2.24, 2.45) is 0 Å². The molecule has 0 spiro atoms. The summed E-state index contributed by atoms with van der Waals surface area (Å²) in [6.07, 6.45) is 1.94. The maximum Gasteiger partial charge on any atom is 0.338 e. The Balaban J connectivity index is 1.70. The highest BCUT2D eigenvalue weighted by Gasteiger charge is 2.24. The summed E-state index contributed by atoms with van der Waals surface area (Å²) in [5.74, 6) is -0.0326. The molecule has 0 N–H and O–H groups in total. The number of carbonyl (C=O) groups is 2. The molecule has 0 saturated carbocycles. The van der Waals surface area contributed by atoms with E-state index in [9.17, 15) is 9.59 Å². The zero-order valence-corrected chi connectivity index (χ0v) is 16.3. The molecule has 1 atom stereocenters. The predicted molar refractivity (Wildman–Crippen MR) is 109 cm³/mol. The zero-order chi connectivity index (χ0) is 20.3. The Morgan fingerprint density at radius 3 is 2.25 bits per heavy atom. The number of carbonyl (C=O) groups excluding carboxylic acids is 2. The van der Waals surface area contributed by atoms with E-state index in [1.54, 1.807) is 26.0 Å². The topological polar surface area (TPSA) is 52.6 Å². The van der Waals surface area contributed by atoms with Crippen molar-refractivity contribution >= 4 is 11.9 Å². The molecule has 28 heavy (non-hydrogen) atoms. The van der Waals surface area contributed by atoms with Crippen LogP contribution in [0.3, 0.4) is 0 Å². The van der Waals surface area contributed by atoms with Gasteiger partial charge in [0.2, 0.25) is 0 Å². The number of ether oxygens (including phenoxy) is 2. The summed E-state index contributed by atoms with van der Waals surface area (Å²) in [4.78, 5) is 23.2. The molecule has 0 fully saturated rings. The second kappa shape index (κ2) is 8.26. The fourth-order valence-corrected chi connectivity index (χ4v) is 3.27. The third-order valence-electron chi connectivity index (χ3n) is 4.86. The lowest BCUT2D eigenvalue weighted by atomic mass is 9.97. The van der Waals surface area contributed by atoms with Gasteiger partial charge in [0, 0.05) is 17.1 Å². The van der Waals surface area contributed by atoms with E-state index < -0.39 is 5.97 Å². The van der Waals surface area contributed by atoms with E-state index in [1.807, 2.05) is 12.1 Å². The maximum atomic E-state index is 11.6. The van der Waals surface area contributed by atoms with Crippen LogP contribution in [-0.4, -0.2) is 18.5 Å². The molecular weight excluding hydrogens is 352 g/mol. The van der Waals surface area contributed by atoms with Crippen LogP contribution in [0.4, 0.5) is 0 Å². The monoisotopic (exact) mass is 376 g/mol. The molecule has 0 radical (unpaired) electrons. The van der Waals surface area contributed by atoms with E-state index in [0.29, 0.717) is 23.5 Å². The normalized spacial score (nSPS) is 14.9. The Kier molecular flexibility index (Phi) is 5.78. The van der Waals surface area contributed by atoms with Crippen LogP contribution in [0.5, 0.6) is 5.75 Å². The summed E-state index contributed by atoms with van der Waals surface area (Å²) >= 11 is 0. The van der Waals surface area contributed by atoms with Gasteiger partial charge < -0.3 is 9.47 Å². The maximum absolute atomic E-state index is 11.6. The average molecular weight is 376 g/mol. The van der Waals surface area contributed by atoms with Crippen LogP contribution >= 0.6 is 0 Å². The molecule has 1 aliphatic carbocycles. The Morgan fingerprint density at radius 1 is 0.964 bits per heavy atom. The first-order valence-corrected chi connectivity index (χ1v) is 9.28. The molecule has 1 unspecified atom stereocenters. The summed E-state index contributed by atoms with van der Waals surface area (Å²) in [5.41, 5.74) is 5.47. The minimum atomic E-state index is -0.427. The quantitative estimate of drug-likeness (QED) is 0.405. The molecule has 0 amide bonds. The van der Waals surface area contributed by atoms with Crippen LogP contribution in [-0.2, 0) is 20.7 Å². The third kappa shape index (κ3) is 4.39. The fraction of sp³-hybridized carbons (Fsp3) is 0.250. The van der Waals surface area contributed by atoms with Crippen LogP contribution in [0.1, 0.15) is 37.3 Å². The van der Waals surface area contributed by atoms with E-state index in [0.717, 1.165) is 24.0 Å². The second-order valence-electron chi connectivity index (χ2n) is 7.22. The van der Waals surface area contributed by atoms with Crippen LogP contribution < -0.4 is 4.74 Å². The average Bonchev–Trinajstić information content (AvgIpc) is 3.08. The molecule has 2 aromatic rings. The van der Waals surface area contributed by atoms with E-state index in [2.05, 4.69) is 31.4 Å². The molecule has 4 heteroatoms. The van der Waals surface area contributed by atoms with Crippen LogP contribution in [0.15, 0.2) is 66.8 Å². The van der Waals surface area contributed by atoms with Gasteiger partial charge in [-0.15, -0.1) is 0 Å². The molecule has 144 valence electrons. The van der Waals surface area contributed by atoms with Gasteiger partial charge in [0.05, 0.1) is 6.61 Å². The Bertz CT molecular complexity index is 938. The van der Waals surface area contributed by atoms with Crippen molar-refractivity contribution in [1.29, 1.82) is 0 Å². The van der Waals surface area contributed by atoms with Crippen molar-refractivity contribution in [3.8, 4) is 16.9 Å². The van der Waals surface area contributed by atoms with Crippen LogP contribution in [0.25, 0.3) is 11.1 Å². The summed E-state index contributed by atoms with van der Waals surface area (Å²) < 4.78 is 10.6. The van der Waals surface area contributed by atoms with Crippen LogP contribution in [0.2, 0.25) is 0 Å². The van der Waals surface area contributed by atoms with Gasteiger partial charge in [-0.3, -0.25) is 0 Å². The van der Waals surface area contributed by atoms with Gasteiger partial charge in [0.1, 0.15) is 5.75 Å². The molecule has 0 aliphatic heterocycles. The van der Waals surface area contributed by atoms with E-state index in [-0.39, 0.29) is 11.9 Å². The van der Waals surface area contributed by atoms with Gasteiger partial charge in [-0.2, -0.15) is 0 Å². The van der Waals surface area contributed by atoms with Crippen LogP contribution in [0, 0.1) is 0 Å².